The molecule has 5 nitrogen and oxygen atoms in total. The lowest BCUT2D eigenvalue weighted by molar-refractivity contribution is -0.135. The molecular formula is C23H31O5P. The lowest BCUT2D eigenvalue weighted by atomic mass is 9.97. The van der Waals surface area contributed by atoms with Crippen molar-refractivity contribution in [3.05, 3.63) is 65.2 Å². The van der Waals surface area contributed by atoms with Gasteiger partial charge in [-0.3, -0.25) is 9.36 Å². The first kappa shape index (κ1) is 23.3. The fourth-order valence-electron chi connectivity index (χ4n) is 2.87. The van der Waals surface area contributed by atoms with Gasteiger partial charge >= 0.3 is 13.6 Å². The van der Waals surface area contributed by atoms with Gasteiger partial charge in [-0.1, -0.05) is 50.2 Å². The zero-order valence-corrected chi connectivity index (χ0v) is 18.8. The van der Waals surface area contributed by atoms with E-state index in [-0.39, 0.29) is 18.5 Å². The third-order valence-electron chi connectivity index (χ3n) is 4.45. The van der Waals surface area contributed by atoms with E-state index >= 15 is 0 Å². The van der Waals surface area contributed by atoms with Crippen LogP contribution in [0.25, 0.3) is 0 Å². The summed E-state index contributed by atoms with van der Waals surface area (Å²) in [4.78, 5) is 12.5. The summed E-state index contributed by atoms with van der Waals surface area (Å²) in [5, 5.41) is 0. The van der Waals surface area contributed by atoms with Crippen LogP contribution in [0.4, 0.5) is 0 Å². The summed E-state index contributed by atoms with van der Waals surface area (Å²) in [6.45, 7) is 9.93. The molecule has 0 amide bonds. The highest BCUT2D eigenvalue weighted by atomic mass is 31.2. The van der Waals surface area contributed by atoms with Crippen LogP contribution < -0.4 is 4.74 Å². The Morgan fingerprint density at radius 2 is 1.52 bits per heavy atom. The average Bonchev–Trinajstić information content (AvgIpc) is 2.67. The molecule has 0 heterocycles. The molecule has 0 bridgehead atoms. The van der Waals surface area contributed by atoms with Gasteiger partial charge in [0.05, 0.1) is 19.1 Å². The number of esters is 1. The van der Waals surface area contributed by atoms with E-state index in [1.165, 1.54) is 12.2 Å². The van der Waals surface area contributed by atoms with Crippen LogP contribution in [-0.2, 0) is 31.4 Å². The lowest BCUT2D eigenvalue weighted by Gasteiger charge is -2.14. The molecule has 2 unspecified atom stereocenters. The van der Waals surface area contributed by atoms with Gasteiger partial charge in [-0.25, -0.2) is 0 Å². The van der Waals surface area contributed by atoms with Gasteiger partial charge in [0.15, 0.2) is 0 Å². The molecule has 0 fully saturated rings. The molecule has 0 spiro atoms. The van der Waals surface area contributed by atoms with E-state index < -0.39 is 7.60 Å². The number of carbonyl (C=O) groups excluding carboxylic acids is 1. The van der Waals surface area contributed by atoms with E-state index in [0.29, 0.717) is 18.3 Å². The summed E-state index contributed by atoms with van der Waals surface area (Å²) in [5.74, 6) is 0.398. The lowest BCUT2D eigenvalue weighted by Crippen LogP contribution is -2.16. The Morgan fingerprint density at radius 1 is 0.931 bits per heavy atom. The minimum atomic E-state index is -3.04. The topological polar surface area (TPSA) is 61.8 Å². The molecule has 0 radical (unpaired) electrons. The molecule has 0 saturated carbocycles. The molecule has 0 aliphatic heterocycles. The summed E-state index contributed by atoms with van der Waals surface area (Å²) in [5.41, 5.74) is 3.02. The van der Waals surface area contributed by atoms with Crippen molar-refractivity contribution in [1.29, 1.82) is 0 Å². The second-order valence-corrected chi connectivity index (χ2v) is 9.65. The molecular weight excluding hydrogens is 387 g/mol. The molecule has 6 heteroatoms. The first-order chi connectivity index (χ1) is 13.7. The van der Waals surface area contributed by atoms with Crippen molar-refractivity contribution in [1.82, 2.24) is 0 Å². The summed E-state index contributed by atoms with van der Waals surface area (Å²) >= 11 is 0. The molecule has 158 valence electrons. The fourth-order valence-corrected chi connectivity index (χ4v) is 3.80. The maximum Gasteiger partial charge on any atom is 0.327 e. The van der Waals surface area contributed by atoms with E-state index in [1.54, 1.807) is 31.2 Å². The molecule has 0 saturated heterocycles. The Kier molecular flexibility index (Phi) is 8.63. The van der Waals surface area contributed by atoms with Gasteiger partial charge in [0, 0.05) is 6.66 Å². The Morgan fingerprint density at radius 3 is 2.07 bits per heavy atom. The van der Waals surface area contributed by atoms with Crippen molar-refractivity contribution in [3.8, 4) is 5.75 Å². The second-order valence-electron chi connectivity index (χ2n) is 7.59. The summed E-state index contributed by atoms with van der Waals surface area (Å²) < 4.78 is 27.9. The minimum absolute atomic E-state index is 0.168. The highest BCUT2D eigenvalue weighted by Crippen LogP contribution is 2.44. The van der Waals surface area contributed by atoms with Crippen molar-refractivity contribution >= 4 is 13.6 Å². The highest BCUT2D eigenvalue weighted by molar-refractivity contribution is 7.52. The van der Waals surface area contributed by atoms with Crippen molar-refractivity contribution in [2.45, 2.75) is 46.6 Å². The van der Waals surface area contributed by atoms with E-state index in [1.807, 2.05) is 19.1 Å². The normalized spacial score (nSPS) is 14.4. The van der Waals surface area contributed by atoms with Crippen LogP contribution in [0, 0.1) is 5.92 Å². The van der Waals surface area contributed by atoms with Crippen molar-refractivity contribution < 1.29 is 23.1 Å². The third kappa shape index (κ3) is 7.77. The predicted octanol–water partition coefficient (Wildman–Crippen LogP) is 5.97. The molecule has 2 aromatic rings. The first-order valence-electron chi connectivity index (χ1n) is 9.96. The van der Waals surface area contributed by atoms with Gasteiger partial charge < -0.3 is 13.8 Å². The third-order valence-corrected chi connectivity index (χ3v) is 5.77. The number of benzene rings is 2. The number of hydrogen-bond donors (Lipinski definition) is 0. The van der Waals surface area contributed by atoms with Crippen LogP contribution >= 0.6 is 7.60 Å². The monoisotopic (exact) mass is 418 g/mol. The maximum atomic E-state index is 12.5. The van der Waals surface area contributed by atoms with Crippen LogP contribution in [0.15, 0.2) is 48.5 Å². The number of carbonyl (C=O) groups is 1. The van der Waals surface area contributed by atoms with Crippen LogP contribution in [-0.4, -0.2) is 19.2 Å². The molecule has 29 heavy (non-hydrogen) atoms. The molecule has 0 aliphatic carbocycles. The van der Waals surface area contributed by atoms with Crippen LogP contribution in [0.1, 0.15) is 50.3 Å². The number of ether oxygens (including phenoxy) is 1. The predicted molar refractivity (Wildman–Crippen MR) is 115 cm³/mol. The van der Waals surface area contributed by atoms with Gasteiger partial charge in [-0.05, 0) is 55.0 Å². The van der Waals surface area contributed by atoms with E-state index in [4.69, 9.17) is 13.8 Å². The van der Waals surface area contributed by atoms with Gasteiger partial charge in [-0.2, -0.15) is 0 Å². The van der Waals surface area contributed by atoms with Crippen molar-refractivity contribution in [2.24, 2.45) is 5.92 Å². The molecule has 2 atom stereocenters. The standard InChI is InChI=1S/C23H31O5P/c1-6-26-29(5,25)27-16-20-9-13-22(14-10-20)28-23(24)18(4)21-11-7-19(8-12-21)15-17(2)3/h7-14,17-18H,6,15-16H2,1-5H3. The van der Waals surface area contributed by atoms with Gasteiger partial charge in [0.2, 0.25) is 0 Å². The molecule has 2 aromatic carbocycles. The zero-order valence-electron chi connectivity index (χ0n) is 17.9. The van der Waals surface area contributed by atoms with Crippen LogP contribution in [0.5, 0.6) is 5.75 Å². The molecule has 0 aliphatic rings. The molecule has 0 aromatic heterocycles. The zero-order chi connectivity index (χ0) is 21.4. The fraction of sp³-hybridized carbons (Fsp3) is 0.435. The Hall–Kier alpha value is -1.94. The van der Waals surface area contributed by atoms with E-state index in [2.05, 4.69) is 26.0 Å². The highest BCUT2D eigenvalue weighted by Gasteiger charge is 2.18. The largest absolute Gasteiger partial charge is 0.426 e. The summed E-state index contributed by atoms with van der Waals surface area (Å²) in [7, 11) is -3.04. The number of hydrogen-bond acceptors (Lipinski definition) is 5. The quantitative estimate of drug-likeness (QED) is 0.270. The average molecular weight is 418 g/mol. The Labute approximate surface area is 173 Å². The maximum absolute atomic E-state index is 12.5. The van der Waals surface area contributed by atoms with Gasteiger partial charge in [0.1, 0.15) is 5.75 Å². The number of rotatable bonds is 10. The van der Waals surface area contributed by atoms with E-state index in [9.17, 15) is 9.36 Å². The van der Waals surface area contributed by atoms with Crippen LogP contribution in [0.2, 0.25) is 0 Å². The smallest absolute Gasteiger partial charge is 0.327 e. The summed E-state index contributed by atoms with van der Waals surface area (Å²) in [6.07, 6.45) is 1.02. The summed E-state index contributed by atoms with van der Waals surface area (Å²) in [6, 6.07) is 15.1. The molecule has 2 rings (SSSR count). The molecule has 0 N–H and O–H groups in total. The minimum Gasteiger partial charge on any atom is -0.426 e. The first-order valence-corrected chi connectivity index (χ1v) is 11.9. The second kappa shape index (κ2) is 10.7. The van der Waals surface area contributed by atoms with Crippen LogP contribution in [0.3, 0.4) is 0 Å². The Balaban J connectivity index is 1.92. The van der Waals surface area contributed by atoms with Crippen molar-refractivity contribution in [3.63, 3.8) is 0 Å². The van der Waals surface area contributed by atoms with Gasteiger partial charge in [0.25, 0.3) is 0 Å². The van der Waals surface area contributed by atoms with E-state index in [0.717, 1.165) is 17.5 Å². The SMILES string of the molecule is CCOP(C)(=O)OCc1ccc(OC(=O)C(C)c2ccc(CC(C)C)cc2)cc1. The van der Waals surface area contributed by atoms with Crippen molar-refractivity contribution in [2.75, 3.05) is 13.3 Å². The Bertz CT molecular complexity index is 827. The van der Waals surface area contributed by atoms with Gasteiger partial charge in [-0.15, -0.1) is 0 Å².